The van der Waals surface area contributed by atoms with E-state index in [0.717, 1.165) is 19.2 Å². The van der Waals surface area contributed by atoms with E-state index in [4.69, 9.17) is 16.0 Å². The quantitative estimate of drug-likeness (QED) is 0.884. The van der Waals surface area contributed by atoms with Gasteiger partial charge in [0.2, 0.25) is 5.22 Å². The molecule has 20 heavy (non-hydrogen) atoms. The average molecular weight is 298 g/mol. The summed E-state index contributed by atoms with van der Waals surface area (Å²) in [5.74, 6) is -1.97. The summed E-state index contributed by atoms with van der Waals surface area (Å²) in [6.45, 7) is 0. The Bertz CT molecular complexity index is 668. The van der Waals surface area contributed by atoms with Crippen molar-refractivity contribution < 1.29 is 23.1 Å². The number of nitrogens with one attached hydrogen (secondary N) is 1. The van der Waals surface area contributed by atoms with E-state index in [1.54, 1.807) is 0 Å². The summed E-state index contributed by atoms with van der Waals surface area (Å²) in [6.07, 6.45) is 1.25. The van der Waals surface area contributed by atoms with Crippen molar-refractivity contribution in [2.45, 2.75) is 0 Å². The van der Waals surface area contributed by atoms with Crippen molar-refractivity contribution in [3.63, 3.8) is 0 Å². The minimum atomic E-state index is -0.766. The molecule has 2 aromatic rings. The first-order valence-electron chi connectivity index (χ1n) is 5.45. The maximum Gasteiger partial charge on any atom is 0.340 e. The van der Waals surface area contributed by atoms with Gasteiger partial charge in [-0.3, -0.25) is 4.79 Å². The van der Waals surface area contributed by atoms with Gasteiger partial charge in [0.25, 0.3) is 5.91 Å². The Kier molecular flexibility index (Phi) is 4.05. The smallest absolute Gasteiger partial charge is 0.340 e. The minimum absolute atomic E-state index is 0.0794. The Labute approximate surface area is 118 Å². The molecular weight excluding hydrogens is 289 g/mol. The van der Waals surface area contributed by atoms with E-state index in [1.165, 1.54) is 18.4 Å². The third kappa shape index (κ3) is 2.80. The lowest BCUT2D eigenvalue weighted by Gasteiger charge is -2.09. The normalized spacial score (nSPS) is 10.2. The molecule has 104 valence electrons. The topological polar surface area (TPSA) is 68.5 Å². The fourth-order valence-corrected chi connectivity index (χ4v) is 1.75. The van der Waals surface area contributed by atoms with Crippen LogP contribution in [0.15, 0.2) is 34.9 Å². The van der Waals surface area contributed by atoms with Crippen molar-refractivity contribution >= 4 is 29.2 Å². The summed E-state index contributed by atoms with van der Waals surface area (Å²) >= 11 is 5.68. The molecule has 0 radical (unpaired) electrons. The number of benzene rings is 1. The van der Waals surface area contributed by atoms with Gasteiger partial charge in [-0.25, -0.2) is 9.18 Å². The standard InChI is InChI=1S/C13H9ClFNO4/c1-19-13(18)9-6-7(15)2-3-10(9)16-12(17)8-4-5-20-11(8)14/h2-6H,1H3,(H,16,17). The number of carbonyl (C=O) groups is 2. The van der Waals surface area contributed by atoms with E-state index in [-0.39, 0.29) is 22.0 Å². The highest BCUT2D eigenvalue weighted by molar-refractivity contribution is 6.32. The third-order valence-electron chi connectivity index (χ3n) is 2.50. The van der Waals surface area contributed by atoms with Gasteiger partial charge in [0.1, 0.15) is 5.82 Å². The van der Waals surface area contributed by atoms with Gasteiger partial charge in [-0.05, 0) is 35.9 Å². The minimum Gasteiger partial charge on any atom is -0.465 e. The lowest BCUT2D eigenvalue weighted by atomic mass is 10.1. The number of hydrogen-bond acceptors (Lipinski definition) is 4. The van der Waals surface area contributed by atoms with Crippen LogP contribution in [0.25, 0.3) is 0 Å². The number of halogens is 2. The predicted molar refractivity (Wildman–Crippen MR) is 69.4 cm³/mol. The summed E-state index contributed by atoms with van der Waals surface area (Å²) in [6, 6.07) is 4.71. The van der Waals surface area contributed by atoms with Gasteiger partial charge in [-0.1, -0.05) is 0 Å². The van der Waals surface area contributed by atoms with E-state index in [2.05, 4.69) is 10.1 Å². The van der Waals surface area contributed by atoms with E-state index in [9.17, 15) is 14.0 Å². The summed E-state index contributed by atoms with van der Waals surface area (Å²) in [5, 5.41) is 2.37. The Balaban J connectivity index is 2.32. The molecule has 0 aliphatic rings. The summed E-state index contributed by atoms with van der Waals surface area (Å²) in [5.41, 5.74) is 0.118. The molecule has 1 amide bonds. The number of hydrogen-bond donors (Lipinski definition) is 1. The Hall–Kier alpha value is -2.34. The van der Waals surface area contributed by atoms with Crippen LogP contribution in [0.1, 0.15) is 20.7 Å². The fraction of sp³-hybridized carbons (Fsp3) is 0.0769. The molecule has 1 heterocycles. The zero-order valence-electron chi connectivity index (χ0n) is 10.3. The molecule has 0 saturated heterocycles. The molecule has 0 saturated carbocycles. The van der Waals surface area contributed by atoms with Crippen molar-refractivity contribution in [1.29, 1.82) is 0 Å². The first-order chi connectivity index (χ1) is 9.52. The van der Waals surface area contributed by atoms with Crippen LogP contribution in [0.2, 0.25) is 5.22 Å². The molecule has 0 unspecified atom stereocenters. The largest absolute Gasteiger partial charge is 0.465 e. The van der Waals surface area contributed by atoms with Crippen molar-refractivity contribution in [2.75, 3.05) is 12.4 Å². The summed E-state index contributed by atoms with van der Waals surface area (Å²) < 4.78 is 22.5. The first-order valence-corrected chi connectivity index (χ1v) is 5.83. The monoisotopic (exact) mass is 297 g/mol. The highest BCUT2D eigenvalue weighted by Gasteiger charge is 2.18. The van der Waals surface area contributed by atoms with E-state index >= 15 is 0 Å². The van der Waals surface area contributed by atoms with E-state index in [0.29, 0.717) is 0 Å². The Morgan fingerprint density at radius 1 is 1.30 bits per heavy atom. The first kappa shape index (κ1) is 14.1. The van der Waals surface area contributed by atoms with Crippen molar-refractivity contribution in [2.24, 2.45) is 0 Å². The van der Waals surface area contributed by atoms with Crippen LogP contribution in [0, 0.1) is 5.82 Å². The van der Waals surface area contributed by atoms with Crippen molar-refractivity contribution in [3.8, 4) is 0 Å². The zero-order valence-corrected chi connectivity index (χ0v) is 11.0. The maximum absolute atomic E-state index is 13.2. The van der Waals surface area contributed by atoms with Gasteiger partial charge in [0.05, 0.1) is 30.2 Å². The van der Waals surface area contributed by atoms with Crippen molar-refractivity contribution in [3.05, 3.63) is 52.7 Å². The molecule has 5 nitrogen and oxygen atoms in total. The summed E-state index contributed by atoms with van der Waals surface area (Å²) in [7, 11) is 1.16. The number of methoxy groups -OCH3 is 1. The molecule has 1 N–H and O–H groups in total. The second kappa shape index (κ2) is 5.75. The van der Waals surface area contributed by atoms with Gasteiger partial charge in [-0.2, -0.15) is 0 Å². The van der Waals surface area contributed by atoms with Crippen LogP contribution in [0.3, 0.4) is 0 Å². The zero-order chi connectivity index (χ0) is 14.7. The number of anilines is 1. The fourth-order valence-electron chi connectivity index (χ4n) is 1.55. The molecule has 1 aromatic heterocycles. The molecular formula is C13H9ClFNO4. The average Bonchev–Trinajstić information content (AvgIpc) is 2.86. The van der Waals surface area contributed by atoms with Crippen LogP contribution in [0.4, 0.5) is 10.1 Å². The van der Waals surface area contributed by atoms with Crippen LogP contribution >= 0.6 is 11.6 Å². The van der Waals surface area contributed by atoms with Gasteiger partial charge < -0.3 is 14.5 Å². The SMILES string of the molecule is COC(=O)c1cc(F)ccc1NC(=O)c1ccoc1Cl. The molecule has 0 spiro atoms. The predicted octanol–water partition coefficient (Wildman–Crippen LogP) is 3.11. The highest BCUT2D eigenvalue weighted by Crippen LogP contribution is 2.22. The van der Waals surface area contributed by atoms with E-state index in [1.807, 2.05) is 0 Å². The van der Waals surface area contributed by atoms with Gasteiger partial charge in [0, 0.05) is 0 Å². The molecule has 7 heteroatoms. The molecule has 0 bridgehead atoms. The number of carbonyl (C=O) groups excluding carboxylic acids is 2. The molecule has 0 aliphatic carbocycles. The molecule has 1 aromatic carbocycles. The lowest BCUT2D eigenvalue weighted by molar-refractivity contribution is 0.0601. The van der Waals surface area contributed by atoms with Crippen LogP contribution in [-0.4, -0.2) is 19.0 Å². The Morgan fingerprint density at radius 2 is 2.05 bits per heavy atom. The van der Waals surface area contributed by atoms with Crippen molar-refractivity contribution in [1.82, 2.24) is 0 Å². The molecule has 2 rings (SSSR count). The number of ether oxygens (including phenoxy) is 1. The lowest BCUT2D eigenvalue weighted by Crippen LogP contribution is -2.15. The molecule has 0 fully saturated rings. The number of furan rings is 1. The second-order valence-electron chi connectivity index (χ2n) is 3.74. The van der Waals surface area contributed by atoms with Gasteiger partial charge in [-0.15, -0.1) is 0 Å². The molecule has 0 aliphatic heterocycles. The maximum atomic E-state index is 13.2. The Morgan fingerprint density at radius 3 is 2.65 bits per heavy atom. The van der Waals surface area contributed by atoms with Crippen LogP contribution in [0.5, 0.6) is 0 Å². The van der Waals surface area contributed by atoms with Crippen LogP contribution < -0.4 is 5.32 Å². The van der Waals surface area contributed by atoms with Gasteiger partial charge >= 0.3 is 5.97 Å². The second-order valence-corrected chi connectivity index (χ2v) is 4.09. The van der Waals surface area contributed by atoms with Gasteiger partial charge in [0.15, 0.2) is 0 Å². The summed E-state index contributed by atoms with van der Waals surface area (Å²) in [4.78, 5) is 23.5. The van der Waals surface area contributed by atoms with Crippen LogP contribution in [-0.2, 0) is 4.74 Å². The highest BCUT2D eigenvalue weighted by atomic mass is 35.5. The number of esters is 1. The molecule has 0 atom stereocenters. The number of amides is 1. The number of rotatable bonds is 3. The van der Waals surface area contributed by atoms with E-state index < -0.39 is 17.7 Å². The third-order valence-corrected chi connectivity index (χ3v) is 2.79.